The number of nitrogens with one attached hydrogen (secondary N) is 2. The zero-order valence-electron chi connectivity index (χ0n) is 36.4. The maximum atomic E-state index is 13.6. The van der Waals surface area contributed by atoms with E-state index in [-0.39, 0.29) is 92.7 Å². The van der Waals surface area contributed by atoms with Crippen LogP contribution in [0.5, 0.6) is 0 Å². The van der Waals surface area contributed by atoms with E-state index in [1.807, 2.05) is 0 Å². The van der Waals surface area contributed by atoms with Crippen LogP contribution in [0, 0.1) is 11.6 Å². The van der Waals surface area contributed by atoms with Crippen LogP contribution in [0.2, 0.25) is 46.3 Å². The van der Waals surface area contributed by atoms with Gasteiger partial charge in [0, 0.05) is 27.2 Å². The summed E-state index contributed by atoms with van der Waals surface area (Å²) in [5.41, 5.74) is 1.01. The van der Waals surface area contributed by atoms with E-state index < -0.39 is 53.1 Å². The van der Waals surface area contributed by atoms with Gasteiger partial charge in [-0.2, -0.15) is 27.0 Å². The molecule has 0 aliphatic carbocycles. The molecule has 0 aromatic heterocycles. The standard InChI is InChI=1S/C20H34ClFN2O4Si.C20H32ClFN2O2Si.CH4.2H2S/c1-20(2,3)29(5,6)28-13-15(10-16(26)12-25)24(4)19(27)23-11-14-8-7-9-17(22)18(14)21;1-8-10-16(14-26-27(6,7)20(2,3)4)24(5)19(25)23-13-15-11-9-12-17(22)18(15)21;;;/h7-9,15-16,25-26H,10-13H2,1-6H3,(H,23,27);8-9,11-12,16H,1,10,13-14H2,2-7H3,(H,23,25);1H4;2*1H2/t15-,16+;16-;;;/m00.../s1. The average molecular weight is 948 g/mol. The van der Waals surface area contributed by atoms with E-state index >= 15 is 0 Å². The first-order valence-corrected chi connectivity index (χ1v) is 25.3. The van der Waals surface area contributed by atoms with Crippen LogP contribution in [-0.4, -0.2) is 101 Å². The summed E-state index contributed by atoms with van der Waals surface area (Å²) in [7, 11) is -0.639. The molecule has 0 radical (unpaired) electrons. The van der Waals surface area contributed by atoms with Crippen molar-refractivity contribution in [3.63, 3.8) is 0 Å². The molecule has 0 fully saturated rings. The van der Waals surface area contributed by atoms with Gasteiger partial charge in [-0.3, -0.25) is 0 Å². The molecular weight excluding hydrogens is 874 g/mol. The number of nitrogens with zero attached hydrogens (tertiary/aromatic N) is 2. The van der Waals surface area contributed by atoms with Crippen molar-refractivity contribution in [1.29, 1.82) is 0 Å². The summed E-state index contributed by atoms with van der Waals surface area (Å²) in [6.07, 6.45) is 1.62. The highest BCUT2D eigenvalue weighted by Gasteiger charge is 2.39. The van der Waals surface area contributed by atoms with E-state index in [1.165, 1.54) is 23.1 Å². The number of amides is 4. The topological polar surface area (TPSA) is 124 Å². The van der Waals surface area contributed by atoms with Crippen molar-refractivity contribution in [2.75, 3.05) is 33.9 Å². The smallest absolute Gasteiger partial charge is 0.317 e. The quantitative estimate of drug-likeness (QED) is 0.0925. The van der Waals surface area contributed by atoms with Crippen molar-refractivity contribution in [2.24, 2.45) is 0 Å². The number of hydrogen-bond acceptors (Lipinski definition) is 6. The number of benzene rings is 2. The molecule has 0 saturated heterocycles. The van der Waals surface area contributed by atoms with Crippen molar-refractivity contribution in [2.45, 2.75) is 129 Å². The highest BCUT2D eigenvalue weighted by Crippen LogP contribution is 2.38. The Hall–Kier alpha value is -1.87. The van der Waals surface area contributed by atoms with Crippen LogP contribution in [0.3, 0.4) is 0 Å². The first-order chi connectivity index (χ1) is 25.7. The van der Waals surface area contributed by atoms with Crippen LogP contribution < -0.4 is 10.6 Å². The van der Waals surface area contributed by atoms with Gasteiger partial charge >= 0.3 is 12.1 Å². The van der Waals surface area contributed by atoms with Gasteiger partial charge < -0.3 is 39.5 Å². The summed E-state index contributed by atoms with van der Waals surface area (Å²) < 4.78 is 39.6. The van der Waals surface area contributed by atoms with Gasteiger partial charge in [-0.1, -0.05) is 103 Å². The van der Waals surface area contributed by atoms with Gasteiger partial charge in [-0.25, -0.2) is 18.4 Å². The third-order valence-corrected chi connectivity index (χ3v) is 20.6. The Kier molecular flexibility index (Phi) is 28.4. The normalized spacial score (nSPS) is 13.1. The molecule has 0 heterocycles. The van der Waals surface area contributed by atoms with Crippen molar-refractivity contribution in [3.05, 3.63) is 81.9 Å². The Labute approximate surface area is 379 Å². The number of halogens is 4. The Morgan fingerprint density at radius 3 is 1.49 bits per heavy atom. The van der Waals surface area contributed by atoms with Crippen LogP contribution >= 0.6 is 50.2 Å². The fraction of sp³-hybridized carbons (Fsp3) is 0.610. The van der Waals surface area contributed by atoms with Crippen LogP contribution in [0.1, 0.15) is 72.9 Å². The van der Waals surface area contributed by atoms with Crippen LogP contribution in [0.4, 0.5) is 18.4 Å². The predicted octanol–water partition coefficient (Wildman–Crippen LogP) is 10.2. The molecule has 342 valence electrons. The Balaban J connectivity index is -0.00000101. The maximum Gasteiger partial charge on any atom is 0.317 e. The van der Waals surface area contributed by atoms with Crippen LogP contribution in [0.15, 0.2) is 49.1 Å². The van der Waals surface area contributed by atoms with E-state index in [9.17, 15) is 28.6 Å². The number of carbonyl (C=O) groups excluding carboxylic acids is 2. The monoisotopic (exact) mass is 946 g/mol. The minimum atomic E-state index is -2.06. The molecule has 0 saturated carbocycles. The van der Waals surface area contributed by atoms with Crippen molar-refractivity contribution < 1.29 is 37.4 Å². The zero-order valence-corrected chi connectivity index (χ0v) is 41.9. The highest BCUT2D eigenvalue weighted by molar-refractivity contribution is 7.59. The molecule has 4 N–H and O–H groups in total. The molecule has 0 spiro atoms. The number of urea groups is 2. The van der Waals surface area contributed by atoms with E-state index in [4.69, 9.17) is 32.1 Å². The highest BCUT2D eigenvalue weighted by atomic mass is 35.5. The number of aliphatic hydroxyl groups excluding tert-OH is 2. The molecule has 2 aromatic rings. The van der Waals surface area contributed by atoms with Gasteiger partial charge in [0.1, 0.15) is 11.6 Å². The molecule has 0 unspecified atom stereocenters. The lowest BCUT2D eigenvalue weighted by atomic mass is 10.1. The largest absolute Gasteiger partial charge is 0.415 e. The van der Waals surface area contributed by atoms with Gasteiger partial charge in [-0.05, 0) is 72.4 Å². The summed E-state index contributed by atoms with van der Waals surface area (Å²) in [6, 6.07) is 7.74. The number of aliphatic hydroxyl groups is 2. The van der Waals surface area contributed by atoms with E-state index in [1.54, 1.807) is 43.3 Å². The number of likely N-dealkylation sites (N-methyl/N-ethyl adjacent to an activating group) is 2. The summed E-state index contributed by atoms with van der Waals surface area (Å²) >= 11 is 11.9. The Morgan fingerprint density at radius 1 is 0.797 bits per heavy atom. The minimum Gasteiger partial charge on any atom is -0.415 e. The van der Waals surface area contributed by atoms with Crippen molar-refractivity contribution in [3.8, 4) is 0 Å². The number of hydrogen-bond donors (Lipinski definition) is 4. The van der Waals surface area contributed by atoms with Gasteiger partial charge in [-0.15, -0.1) is 6.58 Å². The molecule has 0 aliphatic heterocycles. The van der Waals surface area contributed by atoms with E-state index in [2.05, 4.69) is 84.9 Å². The summed E-state index contributed by atoms with van der Waals surface area (Å²) in [5, 5.41) is 24.7. The van der Waals surface area contributed by atoms with Crippen LogP contribution in [-0.2, 0) is 21.9 Å². The van der Waals surface area contributed by atoms with E-state index in [0.717, 1.165) is 0 Å². The molecule has 59 heavy (non-hydrogen) atoms. The first kappa shape index (κ1) is 61.4. The lowest BCUT2D eigenvalue weighted by Crippen LogP contribution is -2.50. The zero-order chi connectivity index (χ0) is 43.2. The Bertz CT molecular complexity index is 1590. The molecule has 4 amide bonds. The minimum absolute atomic E-state index is 0. The average Bonchev–Trinajstić information content (AvgIpc) is 3.11. The molecule has 10 nitrogen and oxygen atoms in total. The lowest BCUT2D eigenvalue weighted by molar-refractivity contribution is 0.0536. The molecule has 0 bridgehead atoms. The third kappa shape index (κ3) is 19.8. The molecule has 3 atom stereocenters. The second kappa shape index (κ2) is 27.2. The second-order valence-corrected chi connectivity index (χ2v) is 27.4. The number of carbonyl (C=O) groups is 2. The Morgan fingerprint density at radius 2 is 1.15 bits per heavy atom. The first-order valence-electron chi connectivity index (χ1n) is 18.8. The third-order valence-electron chi connectivity index (χ3n) is 10.7. The summed E-state index contributed by atoms with van der Waals surface area (Å²) in [4.78, 5) is 28.2. The second-order valence-electron chi connectivity index (χ2n) is 17.0. The molecule has 2 rings (SSSR count). The molecule has 0 aliphatic rings. The number of rotatable bonds is 17. The maximum absolute atomic E-state index is 13.6. The predicted molar refractivity (Wildman–Crippen MR) is 257 cm³/mol. The molecule has 2 aromatic carbocycles. The summed E-state index contributed by atoms with van der Waals surface area (Å²) in [6.45, 7) is 25.8. The molecular formula is C41H74Cl2F2N4O6S2Si2. The van der Waals surface area contributed by atoms with E-state index in [0.29, 0.717) is 24.2 Å². The molecule has 18 heteroatoms. The fourth-order valence-corrected chi connectivity index (χ4v) is 7.06. The fourth-order valence-electron chi connectivity index (χ4n) is 4.59. The van der Waals surface area contributed by atoms with Gasteiger partial charge in [0.15, 0.2) is 16.6 Å². The lowest BCUT2D eigenvalue weighted by Gasteiger charge is -2.39. The van der Waals surface area contributed by atoms with Crippen molar-refractivity contribution in [1.82, 2.24) is 20.4 Å². The van der Waals surface area contributed by atoms with Gasteiger partial charge in [0.2, 0.25) is 0 Å². The van der Waals surface area contributed by atoms with Gasteiger partial charge in [0.05, 0.1) is 48.1 Å². The SMILES string of the molecule is C.C=CC[C@@H](CO[Si](C)(C)C(C)(C)C)N(C)C(=O)NCc1cccc(F)c1Cl.CN(C(=O)NCc1cccc(F)c1Cl)[C@H](CO[Si](C)(C)C(C)(C)C)C[C@@H](O)CO.S.S. The summed E-state index contributed by atoms with van der Waals surface area (Å²) in [5.74, 6) is -1.04. The van der Waals surface area contributed by atoms with Gasteiger partial charge in [0.25, 0.3) is 0 Å². The van der Waals surface area contributed by atoms with Crippen molar-refractivity contribution >= 4 is 78.9 Å². The van der Waals surface area contributed by atoms with Crippen LogP contribution in [0.25, 0.3) is 0 Å².